The molecule has 1 aliphatic heterocycles. The number of hydrogen-bond acceptors (Lipinski definition) is 7. The van der Waals surface area contributed by atoms with Crippen LogP contribution in [0.5, 0.6) is 0 Å². The first-order valence-electron chi connectivity index (χ1n) is 8.69. The second kappa shape index (κ2) is 7.43. The van der Waals surface area contributed by atoms with Crippen molar-refractivity contribution in [2.24, 2.45) is 5.92 Å². The third-order valence-corrected chi connectivity index (χ3v) is 4.32. The van der Waals surface area contributed by atoms with Gasteiger partial charge in [-0.3, -0.25) is 9.59 Å². The smallest absolute Gasteiger partial charge is 0.231 e. The van der Waals surface area contributed by atoms with Gasteiger partial charge < -0.3 is 15.5 Å². The summed E-state index contributed by atoms with van der Waals surface area (Å²) in [6.07, 6.45) is 4.47. The second-order valence-corrected chi connectivity index (χ2v) is 6.43. The van der Waals surface area contributed by atoms with Gasteiger partial charge in [-0.2, -0.15) is 5.10 Å². The molecule has 1 aliphatic rings. The molecule has 0 bridgehead atoms. The number of nitrogens with one attached hydrogen (secondary N) is 2. The molecule has 1 saturated heterocycles. The fraction of sp³-hybridized carbons (Fsp3) is 0.222. The quantitative estimate of drug-likeness (QED) is 0.682. The maximum atomic E-state index is 12.5. The van der Waals surface area contributed by atoms with E-state index in [1.165, 1.54) is 19.6 Å². The highest BCUT2D eigenvalue weighted by Gasteiger charge is 2.33. The Morgan fingerprint density at radius 1 is 1.04 bits per heavy atom. The van der Waals surface area contributed by atoms with E-state index in [0.717, 1.165) is 5.82 Å². The highest BCUT2D eigenvalue weighted by Crippen LogP contribution is 2.25. The van der Waals surface area contributed by atoms with Crippen molar-refractivity contribution < 1.29 is 9.59 Å². The van der Waals surface area contributed by atoms with Crippen LogP contribution < -0.4 is 15.5 Å². The van der Waals surface area contributed by atoms with Crippen LogP contribution in [0.2, 0.25) is 0 Å². The summed E-state index contributed by atoms with van der Waals surface area (Å²) in [5.41, 5.74) is 1.28. The minimum Gasteiger partial charge on any atom is -0.355 e. The minimum atomic E-state index is -0.159. The summed E-state index contributed by atoms with van der Waals surface area (Å²) in [6.45, 7) is 2.56. The lowest BCUT2D eigenvalue weighted by atomic mass is 9.99. The van der Waals surface area contributed by atoms with Crippen molar-refractivity contribution in [3.8, 4) is 5.82 Å². The molecule has 0 aliphatic carbocycles. The Labute approximate surface area is 160 Å². The molecular weight excluding hydrogens is 360 g/mol. The van der Waals surface area contributed by atoms with E-state index in [2.05, 4.69) is 30.7 Å². The minimum absolute atomic E-state index is 0.0678. The number of nitrogens with zero attached hydrogens (tertiary/aromatic N) is 6. The summed E-state index contributed by atoms with van der Waals surface area (Å²) in [5, 5.41) is 9.64. The fourth-order valence-corrected chi connectivity index (χ4v) is 2.92. The molecule has 2 N–H and O–H groups in total. The van der Waals surface area contributed by atoms with E-state index in [9.17, 15) is 9.59 Å². The number of amides is 2. The van der Waals surface area contributed by atoms with Gasteiger partial charge in [-0.15, -0.1) is 0 Å². The van der Waals surface area contributed by atoms with Crippen molar-refractivity contribution in [1.29, 1.82) is 0 Å². The molecule has 4 rings (SSSR count). The number of benzene rings is 1. The van der Waals surface area contributed by atoms with Gasteiger partial charge in [-0.1, -0.05) is 6.07 Å². The molecule has 1 aromatic carbocycles. The molecule has 2 aromatic heterocycles. The van der Waals surface area contributed by atoms with Crippen LogP contribution in [-0.2, 0) is 9.59 Å². The molecule has 2 amide bonds. The Kier molecular flexibility index (Phi) is 4.67. The molecule has 10 nitrogen and oxygen atoms in total. The van der Waals surface area contributed by atoms with Crippen LogP contribution in [0.4, 0.5) is 17.2 Å². The maximum Gasteiger partial charge on any atom is 0.231 e. The monoisotopic (exact) mass is 378 g/mol. The van der Waals surface area contributed by atoms with Gasteiger partial charge in [0.05, 0.1) is 5.92 Å². The lowest BCUT2D eigenvalue weighted by Gasteiger charge is -2.39. The molecule has 28 heavy (non-hydrogen) atoms. The zero-order valence-electron chi connectivity index (χ0n) is 15.1. The average Bonchev–Trinajstić information content (AvgIpc) is 3.15. The zero-order chi connectivity index (χ0) is 19.5. The summed E-state index contributed by atoms with van der Waals surface area (Å²) in [7, 11) is 0. The first kappa shape index (κ1) is 17.6. The number of rotatable bonds is 5. The van der Waals surface area contributed by atoms with Crippen molar-refractivity contribution in [2.45, 2.75) is 6.92 Å². The number of carbonyl (C=O) groups is 2. The summed E-state index contributed by atoms with van der Waals surface area (Å²) in [5.74, 6) is 0.978. The first-order chi connectivity index (χ1) is 13.6. The van der Waals surface area contributed by atoms with E-state index >= 15 is 0 Å². The molecule has 0 atom stereocenters. The van der Waals surface area contributed by atoms with Crippen molar-refractivity contribution in [1.82, 2.24) is 24.7 Å². The molecule has 142 valence electrons. The summed E-state index contributed by atoms with van der Waals surface area (Å²) < 4.78 is 1.55. The van der Waals surface area contributed by atoms with E-state index in [1.807, 2.05) is 4.90 Å². The van der Waals surface area contributed by atoms with Crippen molar-refractivity contribution in [2.75, 3.05) is 28.6 Å². The predicted octanol–water partition coefficient (Wildman–Crippen LogP) is 1.09. The summed E-state index contributed by atoms with van der Waals surface area (Å²) in [4.78, 5) is 38.0. The van der Waals surface area contributed by atoms with Gasteiger partial charge in [-0.25, -0.2) is 19.6 Å². The molecule has 0 spiro atoms. The lowest BCUT2D eigenvalue weighted by Crippen LogP contribution is -2.52. The average molecular weight is 378 g/mol. The Morgan fingerprint density at radius 2 is 1.79 bits per heavy atom. The predicted molar refractivity (Wildman–Crippen MR) is 102 cm³/mol. The topological polar surface area (TPSA) is 118 Å². The van der Waals surface area contributed by atoms with Gasteiger partial charge in [0.1, 0.15) is 24.8 Å². The third kappa shape index (κ3) is 3.80. The highest BCUT2D eigenvalue weighted by atomic mass is 16.2. The van der Waals surface area contributed by atoms with Crippen molar-refractivity contribution in [3.05, 3.63) is 49.3 Å². The van der Waals surface area contributed by atoms with Crippen LogP contribution in [0, 0.1) is 5.92 Å². The van der Waals surface area contributed by atoms with E-state index < -0.39 is 0 Å². The normalized spacial score (nSPS) is 13.7. The van der Waals surface area contributed by atoms with Gasteiger partial charge in [0, 0.05) is 37.5 Å². The maximum absolute atomic E-state index is 12.5. The Balaban J connectivity index is 1.36. The summed E-state index contributed by atoms with van der Waals surface area (Å²) in [6, 6.07) is 8.86. The fourth-order valence-electron chi connectivity index (χ4n) is 2.92. The van der Waals surface area contributed by atoms with Crippen LogP contribution in [-0.4, -0.2) is 49.6 Å². The number of aromatic nitrogens is 5. The van der Waals surface area contributed by atoms with Crippen LogP contribution in [0.3, 0.4) is 0 Å². The zero-order valence-corrected chi connectivity index (χ0v) is 15.1. The SMILES string of the molecule is CC(=O)Nc1cccc(NC(=O)C2CN(c3cc(-n4cncn4)ncn3)C2)c1. The van der Waals surface area contributed by atoms with Crippen LogP contribution in [0.15, 0.2) is 49.3 Å². The molecule has 0 radical (unpaired) electrons. The molecule has 10 heteroatoms. The molecule has 1 fully saturated rings. The number of hydrogen-bond donors (Lipinski definition) is 2. The van der Waals surface area contributed by atoms with Crippen molar-refractivity contribution >= 4 is 29.0 Å². The lowest BCUT2D eigenvalue weighted by molar-refractivity contribution is -0.120. The highest BCUT2D eigenvalue weighted by molar-refractivity contribution is 5.95. The standard InChI is InChI=1S/C18H18N8O2/c1-12(27)23-14-3-2-4-15(5-14)24-18(28)13-7-25(8-13)16-6-17(21-10-20-16)26-11-19-9-22-26/h2-6,9-11,13H,7-8H2,1H3,(H,23,27)(H,24,28). The Hall–Kier alpha value is -3.82. The van der Waals surface area contributed by atoms with Crippen LogP contribution in [0.25, 0.3) is 5.82 Å². The Morgan fingerprint density at radius 3 is 2.50 bits per heavy atom. The van der Waals surface area contributed by atoms with Crippen molar-refractivity contribution in [3.63, 3.8) is 0 Å². The molecule has 3 aromatic rings. The Bertz CT molecular complexity index is 998. The second-order valence-electron chi connectivity index (χ2n) is 6.43. The van der Waals surface area contributed by atoms with Gasteiger partial charge in [0.2, 0.25) is 11.8 Å². The van der Waals surface area contributed by atoms with Crippen LogP contribution in [0.1, 0.15) is 6.92 Å². The first-order valence-corrected chi connectivity index (χ1v) is 8.69. The number of anilines is 3. The van der Waals surface area contributed by atoms with E-state index in [1.54, 1.807) is 41.3 Å². The molecule has 3 heterocycles. The van der Waals surface area contributed by atoms with Crippen LogP contribution >= 0.6 is 0 Å². The summed E-state index contributed by atoms with van der Waals surface area (Å²) >= 11 is 0. The van der Waals surface area contributed by atoms with E-state index in [0.29, 0.717) is 30.3 Å². The van der Waals surface area contributed by atoms with E-state index in [-0.39, 0.29) is 17.7 Å². The van der Waals surface area contributed by atoms with Gasteiger partial charge in [0.15, 0.2) is 5.82 Å². The molecule has 0 unspecified atom stereocenters. The molecule has 0 saturated carbocycles. The van der Waals surface area contributed by atoms with Gasteiger partial charge >= 0.3 is 0 Å². The van der Waals surface area contributed by atoms with Gasteiger partial charge in [-0.05, 0) is 18.2 Å². The van der Waals surface area contributed by atoms with E-state index in [4.69, 9.17) is 0 Å². The molecular formula is C18H18N8O2. The largest absolute Gasteiger partial charge is 0.355 e. The van der Waals surface area contributed by atoms with Gasteiger partial charge in [0.25, 0.3) is 0 Å². The third-order valence-electron chi connectivity index (χ3n) is 4.32. The number of carbonyl (C=O) groups excluding carboxylic acids is 2.